The molecular formula is C17H29N3S. The minimum atomic E-state index is 0.875. The summed E-state index contributed by atoms with van der Waals surface area (Å²) in [5.41, 5.74) is 3.63. The lowest BCUT2D eigenvalue weighted by molar-refractivity contribution is 0.371. The van der Waals surface area contributed by atoms with E-state index in [9.17, 15) is 0 Å². The normalized spacial score (nSPS) is 8.24. The fourth-order valence-electron chi connectivity index (χ4n) is 1.51. The lowest BCUT2D eigenvalue weighted by atomic mass is 10.1. The van der Waals surface area contributed by atoms with Gasteiger partial charge in [0.15, 0.2) is 0 Å². The first-order valence-corrected chi connectivity index (χ1v) is 7.77. The Labute approximate surface area is 135 Å². The van der Waals surface area contributed by atoms with Crippen LogP contribution in [-0.4, -0.2) is 29.7 Å². The Bertz CT molecular complexity index is 412. The number of nitrogens with one attached hydrogen (secondary N) is 2. The van der Waals surface area contributed by atoms with Crippen molar-refractivity contribution in [3.63, 3.8) is 0 Å². The second-order valence-electron chi connectivity index (χ2n) is 3.88. The van der Waals surface area contributed by atoms with E-state index in [1.165, 1.54) is 11.7 Å². The van der Waals surface area contributed by atoms with E-state index >= 15 is 0 Å². The Morgan fingerprint density at radius 1 is 1.29 bits per heavy atom. The van der Waals surface area contributed by atoms with Gasteiger partial charge in [0.2, 0.25) is 0 Å². The van der Waals surface area contributed by atoms with Gasteiger partial charge in [-0.05, 0) is 31.9 Å². The average molecular weight is 308 g/mol. The van der Waals surface area contributed by atoms with Crippen LogP contribution in [0.2, 0.25) is 0 Å². The van der Waals surface area contributed by atoms with E-state index in [4.69, 9.17) is 5.41 Å². The van der Waals surface area contributed by atoms with Gasteiger partial charge in [-0.2, -0.15) is 0 Å². The molecule has 1 aromatic carbocycles. The largest absolute Gasteiger partial charge is 0.359 e. The molecule has 118 valence electrons. The number of rotatable bonds is 6. The molecule has 0 aromatic heterocycles. The van der Waals surface area contributed by atoms with E-state index in [1.807, 2.05) is 45.0 Å². The Kier molecular flexibility index (Phi) is 15.2. The number of hydrogen-bond donors (Lipinski definition) is 2. The van der Waals surface area contributed by atoms with Crippen molar-refractivity contribution in [2.45, 2.75) is 34.6 Å². The van der Waals surface area contributed by atoms with Crippen molar-refractivity contribution in [2.75, 3.05) is 13.1 Å². The van der Waals surface area contributed by atoms with Gasteiger partial charge in [0.1, 0.15) is 0 Å². The van der Waals surface area contributed by atoms with Gasteiger partial charge >= 0.3 is 0 Å². The molecule has 0 aliphatic heterocycles. The van der Waals surface area contributed by atoms with Gasteiger partial charge in [-0.3, -0.25) is 0 Å². The molecule has 0 aliphatic carbocycles. The zero-order chi connectivity index (χ0) is 16.7. The fraction of sp³-hybridized carbons (Fsp3) is 0.412. The van der Waals surface area contributed by atoms with Crippen molar-refractivity contribution in [1.82, 2.24) is 10.2 Å². The minimum Gasteiger partial charge on any atom is -0.359 e. The minimum absolute atomic E-state index is 0.875. The van der Waals surface area contributed by atoms with E-state index in [0.717, 1.165) is 30.0 Å². The number of thiocarbonyl (C=S) groups is 1. The fourth-order valence-corrected chi connectivity index (χ4v) is 1.65. The predicted octanol–water partition coefficient (Wildman–Crippen LogP) is 4.37. The maximum atomic E-state index is 6.96. The van der Waals surface area contributed by atoms with Gasteiger partial charge < -0.3 is 15.6 Å². The van der Waals surface area contributed by atoms with Crippen LogP contribution in [0.15, 0.2) is 36.7 Å². The highest BCUT2D eigenvalue weighted by molar-refractivity contribution is 7.78. The third-order valence-electron chi connectivity index (χ3n) is 2.71. The summed E-state index contributed by atoms with van der Waals surface area (Å²) in [5.74, 6) is 0.875. The highest BCUT2D eigenvalue weighted by Crippen LogP contribution is 2.02. The molecule has 1 rings (SSSR count). The van der Waals surface area contributed by atoms with E-state index in [1.54, 1.807) is 0 Å². The maximum absolute atomic E-state index is 6.96. The van der Waals surface area contributed by atoms with Crippen LogP contribution in [-0.2, 0) is 0 Å². The standard InChI is InChI=1S/C8H9N.C7H14N2S.C2H6/c1-7-4-2-3-5-8(7)6-9;1-4-9(5-2)7(3)8-6-10;1-2/h2-6,9H,1H3;6H,3-5H2,1-2H3,(H,8,10);1-2H3. The zero-order valence-electron chi connectivity index (χ0n) is 13.9. The molecule has 0 atom stereocenters. The number of hydrogen-bond acceptors (Lipinski definition) is 3. The van der Waals surface area contributed by atoms with Gasteiger partial charge in [-0.15, -0.1) is 0 Å². The molecule has 3 nitrogen and oxygen atoms in total. The van der Waals surface area contributed by atoms with Gasteiger partial charge in [-0.1, -0.05) is 56.9 Å². The molecular weight excluding hydrogens is 278 g/mol. The first-order valence-electron chi connectivity index (χ1n) is 7.30. The monoisotopic (exact) mass is 307 g/mol. The smallest absolute Gasteiger partial charge is 0.0984 e. The first kappa shape index (κ1) is 21.6. The molecule has 4 heteroatoms. The Balaban J connectivity index is 0. The van der Waals surface area contributed by atoms with E-state index in [2.05, 4.69) is 42.9 Å². The van der Waals surface area contributed by atoms with Gasteiger partial charge in [0.25, 0.3) is 0 Å². The summed E-state index contributed by atoms with van der Waals surface area (Å²) in [4.78, 5) is 2.10. The van der Waals surface area contributed by atoms with E-state index in [-0.39, 0.29) is 0 Å². The lowest BCUT2D eigenvalue weighted by Gasteiger charge is -2.22. The molecule has 0 bridgehead atoms. The Hall–Kier alpha value is -1.68. The Morgan fingerprint density at radius 2 is 1.81 bits per heavy atom. The SMILES string of the molecule is C=C(NC=S)N(CC)CC.CC.Cc1ccccc1C=N. The summed E-state index contributed by atoms with van der Waals surface area (Å²) < 4.78 is 0. The second-order valence-corrected chi connectivity index (χ2v) is 4.12. The summed E-state index contributed by atoms with van der Waals surface area (Å²) in [6, 6.07) is 7.85. The van der Waals surface area contributed by atoms with Crippen LogP contribution < -0.4 is 5.32 Å². The number of nitrogens with zero attached hydrogens (tertiary/aromatic N) is 1. The van der Waals surface area contributed by atoms with Crippen LogP contribution >= 0.6 is 12.2 Å². The quantitative estimate of drug-likeness (QED) is 0.605. The molecule has 2 N–H and O–H groups in total. The summed E-state index contributed by atoms with van der Waals surface area (Å²) in [6.45, 7) is 15.9. The maximum Gasteiger partial charge on any atom is 0.0984 e. The van der Waals surface area contributed by atoms with Crippen LogP contribution in [0.25, 0.3) is 0 Å². The zero-order valence-corrected chi connectivity index (χ0v) is 14.8. The third-order valence-corrected chi connectivity index (χ3v) is 2.83. The number of benzene rings is 1. The molecule has 0 spiro atoms. The molecule has 0 amide bonds. The molecule has 0 aliphatic rings. The van der Waals surface area contributed by atoms with Crippen molar-refractivity contribution < 1.29 is 0 Å². The van der Waals surface area contributed by atoms with Gasteiger partial charge in [-0.25, -0.2) is 0 Å². The van der Waals surface area contributed by atoms with Gasteiger partial charge in [0.05, 0.1) is 11.3 Å². The summed E-state index contributed by atoms with van der Waals surface area (Å²) >= 11 is 4.62. The van der Waals surface area contributed by atoms with Crippen molar-refractivity contribution in [2.24, 2.45) is 0 Å². The first-order chi connectivity index (χ1) is 10.1. The summed E-state index contributed by atoms with van der Waals surface area (Å²) in [5, 5.41) is 9.83. The van der Waals surface area contributed by atoms with Crippen LogP contribution in [0.4, 0.5) is 0 Å². The number of aryl methyl sites for hydroxylation is 1. The van der Waals surface area contributed by atoms with E-state index in [0.29, 0.717) is 0 Å². The molecule has 0 heterocycles. The van der Waals surface area contributed by atoms with E-state index < -0.39 is 0 Å². The summed E-state index contributed by atoms with van der Waals surface area (Å²) in [7, 11) is 0. The Morgan fingerprint density at radius 3 is 2.14 bits per heavy atom. The van der Waals surface area contributed by atoms with Gasteiger partial charge in [0, 0.05) is 19.3 Å². The highest BCUT2D eigenvalue weighted by Gasteiger charge is 1.98. The molecule has 0 fully saturated rings. The van der Waals surface area contributed by atoms with Crippen LogP contribution in [0, 0.1) is 12.3 Å². The van der Waals surface area contributed by atoms with Crippen molar-refractivity contribution in [3.8, 4) is 0 Å². The second kappa shape index (κ2) is 14.7. The van der Waals surface area contributed by atoms with Crippen LogP contribution in [0.1, 0.15) is 38.8 Å². The predicted molar refractivity (Wildman–Crippen MR) is 99.3 cm³/mol. The third kappa shape index (κ3) is 9.79. The van der Waals surface area contributed by atoms with Crippen LogP contribution in [0.3, 0.4) is 0 Å². The molecule has 0 saturated heterocycles. The molecule has 1 aromatic rings. The van der Waals surface area contributed by atoms with Crippen LogP contribution in [0.5, 0.6) is 0 Å². The topological polar surface area (TPSA) is 39.1 Å². The average Bonchev–Trinajstić information content (AvgIpc) is 2.52. The molecule has 21 heavy (non-hydrogen) atoms. The molecule has 0 unspecified atom stereocenters. The molecule has 0 radical (unpaired) electrons. The van der Waals surface area contributed by atoms with Crippen molar-refractivity contribution in [3.05, 3.63) is 47.8 Å². The van der Waals surface area contributed by atoms with Crippen molar-refractivity contribution in [1.29, 1.82) is 5.41 Å². The lowest BCUT2D eigenvalue weighted by Crippen LogP contribution is -2.29. The molecule has 0 saturated carbocycles. The summed E-state index contributed by atoms with van der Waals surface area (Å²) in [6.07, 6.45) is 1.37. The highest BCUT2D eigenvalue weighted by atomic mass is 32.1. The van der Waals surface area contributed by atoms with Crippen molar-refractivity contribution >= 4 is 23.9 Å².